The Hall–Kier alpha value is -4.17. The van der Waals surface area contributed by atoms with Crippen LogP contribution in [0, 0.1) is 0 Å². The minimum absolute atomic E-state index is 0.143. The van der Waals surface area contributed by atoms with Crippen molar-refractivity contribution in [1.29, 1.82) is 0 Å². The van der Waals surface area contributed by atoms with Crippen LogP contribution in [0.3, 0.4) is 0 Å². The lowest BCUT2D eigenvalue weighted by atomic mass is 9.87. The van der Waals surface area contributed by atoms with Gasteiger partial charge in [-0.1, -0.05) is 24.3 Å². The normalized spacial score (nSPS) is 15.7. The van der Waals surface area contributed by atoms with Crippen LogP contribution in [0.2, 0.25) is 0 Å². The van der Waals surface area contributed by atoms with E-state index >= 15 is 0 Å². The molecule has 8 heteroatoms. The maximum absolute atomic E-state index is 13.9. The third-order valence-electron chi connectivity index (χ3n) is 8.26. The first-order chi connectivity index (χ1) is 20.1. The number of benzene rings is 3. The highest BCUT2D eigenvalue weighted by Crippen LogP contribution is 2.38. The van der Waals surface area contributed by atoms with E-state index in [0.29, 0.717) is 31.0 Å². The zero-order chi connectivity index (χ0) is 28.3. The molecular weight excluding hydrogens is 518 g/mol. The monoisotopic (exact) mass is 555 g/mol. The summed E-state index contributed by atoms with van der Waals surface area (Å²) in [6.07, 6.45) is 2.58. The van der Waals surface area contributed by atoms with Crippen molar-refractivity contribution in [3.8, 4) is 23.0 Å². The number of methoxy groups -OCH3 is 2. The molecule has 41 heavy (non-hydrogen) atoms. The Morgan fingerprint density at radius 2 is 1.63 bits per heavy atom. The summed E-state index contributed by atoms with van der Waals surface area (Å²) >= 11 is 0. The summed E-state index contributed by atoms with van der Waals surface area (Å²) in [6, 6.07) is 20.5. The van der Waals surface area contributed by atoms with Crippen molar-refractivity contribution >= 4 is 16.8 Å². The lowest BCUT2D eigenvalue weighted by Crippen LogP contribution is -2.48. The first-order valence-corrected chi connectivity index (χ1v) is 14.3. The standard InChI is InChI=1S/C33H37N3O5/c1-4-35-21-29(27-7-5-6-8-30(27)35)28(24-16-25(38-2)18-26(17-24)39-3)19-33(37)36-13-11-34(12-14-36)20-23-9-10-31-32(15-23)41-22-40-31/h5-10,15-18,21,28H,4,11-14,19-20,22H2,1-3H3. The van der Waals surface area contributed by atoms with Gasteiger partial charge >= 0.3 is 0 Å². The highest BCUT2D eigenvalue weighted by molar-refractivity contribution is 5.87. The Kier molecular flexibility index (Phi) is 7.74. The summed E-state index contributed by atoms with van der Waals surface area (Å²) in [5.74, 6) is 3.06. The molecular formula is C33H37N3O5. The Balaban J connectivity index is 1.22. The molecule has 4 aromatic rings. The minimum Gasteiger partial charge on any atom is -0.497 e. The molecule has 1 atom stereocenters. The van der Waals surface area contributed by atoms with Crippen molar-refractivity contribution in [3.63, 3.8) is 0 Å². The van der Waals surface area contributed by atoms with Crippen LogP contribution in [-0.4, -0.2) is 67.5 Å². The quantitative estimate of drug-likeness (QED) is 0.280. The number of piperazine rings is 1. The predicted molar refractivity (Wildman–Crippen MR) is 158 cm³/mol. The number of amides is 1. The molecule has 0 saturated carbocycles. The van der Waals surface area contributed by atoms with Gasteiger partial charge in [0.15, 0.2) is 11.5 Å². The molecule has 6 rings (SSSR count). The fourth-order valence-electron chi connectivity index (χ4n) is 6.01. The average Bonchev–Trinajstić information content (AvgIpc) is 3.64. The molecule has 3 aromatic carbocycles. The smallest absolute Gasteiger partial charge is 0.231 e. The van der Waals surface area contributed by atoms with E-state index in [4.69, 9.17) is 18.9 Å². The predicted octanol–water partition coefficient (Wildman–Crippen LogP) is 5.27. The van der Waals surface area contributed by atoms with Crippen LogP contribution < -0.4 is 18.9 Å². The molecule has 0 radical (unpaired) electrons. The van der Waals surface area contributed by atoms with E-state index in [0.717, 1.165) is 48.8 Å². The van der Waals surface area contributed by atoms with Crippen molar-refractivity contribution in [1.82, 2.24) is 14.4 Å². The number of para-hydroxylation sites is 1. The van der Waals surface area contributed by atoms with Gasteiger partial charge in [0.25, 0.3) is 0 Å². The number of ether oxygens (including phenoxy) is 4. The van der Waals surface area contributed by atoms with Crippen LogP contribution in [0.1, 0.15) is 36.0 Å². The molecule has 1 fully saturated rings. The van der Waals surface area contributed by atoms with Crippen molar-refractivity contribution in [2.45, 2.75) is 32.4 Å². The number of nitrogens with zero attached hydrogens (tertiary/aromatic N) is 3. The van der Waals surface area contributed by atoms with Gasteiger partial charge in [-0.05, 0) is 53.9 Å². The second kappa shape index (κ2) is 11.7. The van der Waals surface area contributed by atoms with Gasteiger partial charge in [-0.25, -0.2) is 0 Å². The van der Waals surface area contributed by atoms with Crippen LogP contribution in [0.25, 0.3) is 10.9 Å². The zero-order valence-electron chi connectivity index (χ0n) is 24.0. The van der Waals surface area contributed by atoms with E-state index in [1.165, 1.54) is 16.5 Å². The van der Waals surface area contributed by atoms with Crippen molar-refractivity contribution < 1.29 is 23.7 Å². The van der Waals surface area contributed by atoms with Gasteiger partial charge in [0.05, 0.1) is 14.2 Å². The van der Waals surface area contributed by atoms with Crippen molar-refractivity contribution in [2.75, 3.05) is 47.2 Å². The summed E-state index contributed by atoms with van der Waals surface area (Å²) in [7, 11) is 3.31. The SMILES string of the molecule is CCn1cc(C(CC(=O)N2CCN(Cc3ccc4c(c3)OCO4)CC2)c2cc(OC)cc(OC)c2)c2ccccc21. The zero-order valence-corrected chi connectivity index (χ0v) is 24.0. The van der Waals surface area contributed by atoms with Gasteiger partial charge in [0, 0.05) is 74.8 Å². The molecule has 8 nitrogen and oxygen atoms in total. The highest BCUT2D eigenvalue weighted by atomic mass is 16.7. The first-order valence-electron chi connectivity index (χ1n) is 14.3. The molecule has 1 unspecified atom stereocenters. The second-order valence-electron chi connectivity index (χ2n) is 10.6. The van der Waals surface area contributed by atoms with E-state index < -0.39 is 0 Å². The molecule has 214 valence electrons. The maximum atomic E-state index is 13.9. The van der Waals surface area contributed by atoms with Gasteiger partial charge in [-0.2, -0.15) is 0 Å². The Morgan fingerprint density at radius 1 is 0.902 bits per heavy atom. The van der Waals surface area contributed by atoms with E-state index in [-0.39, 0.29) is 18.6 Å². The van der Waals surface area contributed by atoms with Crippen LogP contribution in [0.5, 0.6) is 23.0 Å². The third-order valence-corrected chi connectivity index (χ3v) is 8.26. The fraction of sp³-hybridized carbons (Fsp3) is 0.364. The lowest BCUT2D eigenvalue weighted by Gasteiger charge is -2.35. The third kappa shape index (κ3) is 5.57. The van der Waals surface area contributed by atoms with E-state index in [9.17, 15) is 4.79 Å². The summed E-state index contributed by atoms with van der Waals surface area (Å²) in [4.78, 5) is 18.3. The molecule has 3 heterocycles. The first kappa shape index (κ1) is 27.0. The van der Waals surface area contributed by atoms with E-state index in [1.54, 1.807) is 14.2 Å². The summed E-state index contributed by atoms with van der Waals surface area (Å²) < 4.78 is 24.4. The largest absolute Gasteiger partial charge is 0.497 e. The van der Waals surface area contributed by atoms with E-state index in [2.05, 4.69) is 59.0 Å². The lowest BCUT2D eigenvalue weighted by molar-refractivity contribution is -0.133. The molecule has 1 saturated heterocycles. The van der Waals surface area contributed by atoms with Gasteiger partial charge in [0.1, 0.15) is 11.5 Å². The molecule has 0 spiro atoms. The van der Waals surface area contributed by atoms with Crippen LogP contribution in [0.4, 0.5) is 0 Å². The van der Waals surface area contributed by atoms with Crippen molar-refractivity contribution in [2.24, 2.45) is 0 Å². The summed E-state index contributed by atoms with van der Waals surface area (Å²) in [6.45, 7) is 7.16. The van der Waals surface area contributed by atoms with Crippen LogP contribution in [0.15, 0.2) is 66.9 Å². The van der Waals surface area contributed by atoms with Gasteiger partial charge in [0.2, 0.25) is 12.7 Å². The van der Waals surface area contributed by atoms with Crippen LogP contribution >= 0.6 is 0 Å². The number of fused-ring (bicyclic) bond motifs is 2. The maximum Gasteiger partial charge on any atom is 0.231 e. The fourth-order valence-corrected chi connectivity index (χ4v) is 6.01. The molecule has 1 amide bonds. The number of aromatic nitrogens is 1. The number of rotatable bonds is 9. The second-order valence-corrected chi connectivity index (χ2v) is 10.6. The average molecular weight is 556 g/mol. The highest BCUT2D eigenvalue weighted by Gasteiger charge is 2.28. The molecule has 0 bridgehead atoms. The van der Waals surface area contributed by atoms with Crippen molar-refractivity contribution in [3.05, 3.63) is 83.6 Å². The number of carbonyl (C=O) groups excluding carboxylic acids is 1. The number of aryl methyl sites for hydroxylation is 1. The number of carbonyl (C=O) groups is 1. The molecule has 1 aromatic heterocycles. The van der Waals surface area contributed by atoms with Crippen LogP contribution in [-0.2, 0) is 17.9 Å². The minimum atomic E-state index is -0.143. The molecule has 2 aliphatic heterocycles. The molecule has 0 aliphatic carbocycles. The van der Waals surface area contributed by atoms with Gasteiger partial charge in [-0.15, -0.1) is 0 Å². The molecule has 2 aliphatic rings. The Morgan fingerprint density at radius 3 is 2.37 bits per heavy atom. The van der Waals surface area contributed by atoms with Gasteiger partial charge in [-0.3, -0.25) is 9.69 Å². The summed E-state index contributed by atoms with van der Waals surface area (Å²) in [5, 5.41) is 1.17. The topological polar surface area (TPSA) is 65.4 Å². The Bertz CT molecular complexity index is 1520. The summed E-state index contributed by atoms with van der Waals surface area (Å²) in [5.41, 5.74) is 4.52. The number of hydrogen-bond acceptors (Lipinski definition) is 6. The van der Waals surface area contributed by atoms with Gasteiger partial charge < -0.3 is 28.4 Å². The molecule has 0 N–H and O–H groups in total. The Labute approximate surface area is 241 Å². The van der Waals surface area contributed by atoms with E-state index in [1.807, 2.05) is 29.2 Å². The number of hydrogen-bond donors (Lipinski definition) is 0.